The Labute approximate surface area is 119 Å². The number of benzene rings is 1. The van der Waals surface area contributed by atoms with Crippen molar-refractivity contribution < 1.29 is 14.1 Å². The van der Waals surface area contributed by atoms with Gasteiger partial charge in [0.05, 0.1) is 17.0 Å². The summed E-state index contributed by atoms with van der Waals surface area (Å²) in [6.07, 6.45) is 3.76. The summed E-state index contributed by atoms with van der Waals surface area (Å²) in [5, 5.41) is 10.8. The second-order valence-corrected chi connectivity index (χ2v) is 5.31. The van der Waals surface area contributed by atoms with Crippen molar-refractivity contribution in [1.82, 2.24) is 4.57 Å². The molecule has 0 amide bonds. The van der Waals surface area contributed by atoms with Crippen molar-refractivity contribution in [2.45, 2.75) is 32.2 Å². The number of non-ortho nitro benzene ring substituents is 1. The molecule has 21 heavy (non-hydrogen) atoms. The second-order valence-electron chi connectivity index (χ2n) is 5.31. The number of nitrogens with zero attached hydrogens (tertiary/aromatic N) is 2. The molecule has 0 spiro atoms. The first-order chi connectivity index (χ1) is 10.1. The van der Waals surface area contributed by atoms with Crippen molar-refractivity contribution >= 4 is 22.6 Å². The normalized spacial score (nSPS) is 15.6. The molecule has 3 rings (SSSR count). The summed E-state index contributed by atoms with van der Waals surface area (Å²) in [5.41, 5.74) is 0.413. The Morgan fingerprint density at radius 3 is 2.76 bits per heavy atom. The average molecular weight is 290 g/mol. The van der Waals surface area contributed by atoms with Crippen molar-refractivity contribution in [2.75, 3.05) is 0 Å². The van der Waals surface area contributed by atoms with Crippen molar-refractivity contribution in [3.05, 3.63) is 38.9 Å². The van der Waals surface area contributed by atoms with Crippen molar-refractivity contribution in [3.8, 4) is 0 Å². The van der Waals surface area contributed by atoms with Gasteiger partial charge in [-0.15, -0.1) is 0 Å². The van der Waals surface area contributed by atoms with Gasteiger partial charge in [-0.1, -0.05) is 12.8 Å². The molecule has 0 unspecified atom stereocenters. The van der Waals surface area contributed by atoms with Crippen LogP contribution in [-0.4, -0.2) is 15.3 Å². The minimum atomic E-state index is -0.656. The zero-order valence-electron chi connectivity index (χ0n) is 11.3. The Bertz CT molecular complexity index is 767. The van der Waals surface area contributed by atoms with Crippen molar-refractivity contribution in [1.29, 1.82) is 0 Å². The number of aromatic nitrogens is 1. The van der Waals surface area contributed by atoms with Gasteiger partial charge in [-0.05, 0) is 18.9 Å². The molecule has 0 bridgehead atoms. The van der Waals surface area contributed by atoms with Crippen molar-refractivity contribution in [2.24, 2.45) is 5.92 Å². The highest BCUT2D eigenvalue weighted by Gasteiger charge is 2.24. The van der Waals surface area contributed by atoms with Crippen LogP contribution in [0.5, 0.6) is 0 Å². The highest BCUT2D eigenvalue weighted by molar-refractivity contribution is 5.83. The predicted octanol–water partition coefficient (Wildman–Crippen LogP) is 2.26. The molecule has 0 aliphatic heterocycles. The van der Waals surface area contributed by atoms with Crippen LogP contribution in [0.1, 0.15) is 25.7 Å². The Balaban J connectivity index is 1.98. The number of Topliss-reactive ketones (excluding diaryl/α,β-unsaturated/α-hetero) is 1. The minimum absolute atomic E-state index is 0.0104. The maximum atomic E-state index is 12.2. The quantitative estimate of drug-likeness (QED) is 0.635. The SMILES string of the molecule is O=C(Cn1c(=O)oc2ccc([N+](=O)[O-])cc21)C1CCCC1. The molecular weight excluding hydrogens is 276 g/mol. The van der Waals surface area contributed by atoms with Gasteiger partial charge >= 0.3 is 5.76 Å². The molecule has 7 heteroatoms. The van der Waals surface area contributed by atoms with Gasteiger partial charge in [-0.3, -0.25) is 19.5 Å². The molecule has 110 valence electrons. The second kappa shape index (κ2) is 5.16. The molecule has 0 radical (unpaired) electrons. The fourth-order valence-electron chi connectivity index (χ4n) is 2.85. The number of carbonyl (C=O) groups is 1. The Morgan fingerprint density at radius 1 is 1.38 bits per heavy atom. The number of carbonyl (C=O) groups excluding carboxylic acids is 1. The molecule has 1 aliphatic carbocycles. The van der Waals surface area contributed by atoms with E-state index < -0.39 is 10.7 Å². The highest BCUT2D eigenvalue weighted by Crippen LogP contribution is 2.26. The summed E-state index contributed by atoms with van der Waals surface area (Å²) in [4.78, 5) is 34.3. The van der Waals surface area contributed by atoms with Gasteiger partial charge in [0.15, 0.2) is 11.4 Å². The third-order valence-corrected chi connectivity index (χ3v) is 3.99. The lowest BCUT2D eigenvalue weighted by molar-refractivity contribution is -0.384. The molecule has 0 atom stereocenters. The first-order valence-electron chi connectivity index (χ1n) is 6.87. The van der Waals surface area contributed by atoms with Crippen LogP contribution in [0.3, 0.4) is 0 Å². The number of rotatable bonds is 4. The lowest BCUT2D eigenvalue weighted by atomic mass is 10.0. The smallest absolute Gasteiger partial charge is 0.408 e. The lowest BCUT2D eigenvalue weighted by Gasteiger charge is -2.07. The molecule has 1 saturated carbocycles. The van der Waals surface area contributed by atoms with E-state index in [1.165, 1.54) is 22.8 Å². The first-order valence-corrected chi connectivity index (χ1v) is 6.87. The Kier molecular flexibility index (Phi) is 3.32. The number of nitro groups is 1. The Hall–Kier alpha value is -2.44. The monoisotopic (exact) mass is 290 g/mol. The standard InChI is InChI=1S/C14H14N2O5/c17-12(9-3-1-2-4-9)8-15-11-7-10(16(19)20)5-6-13(11)21-14(15)18/h5-7,9H,1-4,8H2. The van der Waals surface area contributed by atoms with E-state index in [0.29, 0.717) is 5.52 Å². The summed E-state index contributed by atoms with van der Waals surface area (Å²) >= 11 is 0. The van der Waals surface area contributed by atoms with Crippen LogP contribution in [0, 0.1) is 16.0 Å². The van der Waals surface area contributed by atoms with E-state index in [1.807, 2.05) is 0 Å². The van der Waals surface area contributed by atoms with Crippen LogP contribution >= 0.6 is 0 Å². The number of ketones is 1. The van der Waals surface area contributed by atoms with E-state index in [4.69, 9.17) is 4.42 Å². The predicted molar refractivity (Wildman–Crippen MR) is 74.1 cm³/mol. The van der Waals surface area contributed by atoms with E-state index in [2.05, 4.69) is 0 Å². The topological polar surface area (TPSA) is 95.3 Å². The summed E-state index contributed by atoms with van der Waals surface area (Å²) in [6, 6.07) is 3.92. The number of nitro benzene ring substituents is 1. The summed E-state index contributed by atoms with van der Waals surface area (Å²) in [7, 11) is 0. The van der Waals surface area contributed by atoms with E-state index in [9.17, 15) is 19.7 Å². The zero-order valence-corrected chi connectivity index (χ0v) is 11.3. The van der Waals surface area contributed by atoms with Crippen molar-refractivity contribution in [3.63, 3.8) is 0 Å². The van der Waals surface area contributed by atoms with Gasteiger partial charge in [0.25, 0.3) is 5.69 Å². The van der Waals surface area contributed by atoms with Gasteiger partial charge in [0, 0.05) is 18.1 Å². The number of hydrogen-bond donors (Lipinski definition) is 0. The first kappa shape index (κ1) is 13.5. The molecule has 1 fully saturated rings. The summed E-state index contributed by atoms with van der Waals surface area (Å²) in [6.45, 7) is -0.0856. The van der Waals surface area contributed by atoms with Crippen LogP contribution in [0.15, 0.2) is 27.4 Å². The molecule has 0 saturated heterocycles. The maximum absolute atomic E-state index is 12.2. The molecule has 7 nitrogen and oxygen atoms in total. The molecule has 0 N–H and O–H groups in total. The molecule has 1 aromatic carbocycles. The average Bonchev–Trinajstić information content (AvgIpc) is 3.07. The van der Waals surface area contributed by atoms with E-state index in [0.717, 1.165) is 25.7 Å². The molecule has 1 aliphatic rings. The summed E-state index contributed by atoms with van der Waals surface area (Å²) in [5.74, 6) is -0.679. The van der Waals surface area contributed by atoms with Gasteiger partial charge < -0.3 is 4.42 Å². The van der Waals surface area contributed by atoms with Crippen LogP contribution < -0.4 is 5.76 Å². The largest absolute Gasteiger partial charge is 0.420 e. The molecule has 1 aromatic heterocycles. The number of hydrogen-bond acceptors (Lipinski definition) is 5. The molecule has 2 aromatic rings. The highest BCUT2D eigenvalue weighted by atomic mass is 16.6. The Morgan fingerprint density at radius 2 is 2.10 bits per heavy atom. The van der Waals surface area contributed by atoms with Gasteiger partial charge in [0.1, 0.15) is 0 Å². The fraction of sp³-hybridized carbons (Fsp3) is 0.429. The minimum Gasteiger partial charge on any atom is -0.408 e. The maximum Gasteiger partial charge on any atom is 0.420 e. The van der Waals surface area contributed by atoms with E-state index in [-0.39, 0.29) is 29.5 Å². The summed E-state index contributed by atoms with van der Waals surface area (Å²) < 4.78 is 6.21. The third kappa shape index (κ3) is 2.46. The number of fused-ring (bicyclic) bond motifs is 1. The van der Waals surface area contributed by atoms with Gasteiger partial charge in [-0.2, -0.15) is 0 Å². The van der Waals surface area contributed by atoms with Gasteiger partial charge in [-0.25, -0.2) is 4.79 Å². The van der Waals surface area contributed by atoms with Crippen LogP contribution in [-0.2, 0) is 11.3 Å². The van der Waals surface area contributed by atoms with Crippen LogP contribution in [0.25, 0.3) is 11.1 Å². The van der Waals surface area contributed by atoms with E-state index >= 15 is 0 Å². The number of oxazole rings is 1. The fourth-order valence-corrected chi connectivity index (χ4v) is 2.85. The van der Waals surface area contributed by atoms with Crippen LogP contribution in [0.2, 0.25) is 0 Å². The van der Waals surface area contributed by atoms with Crippen LogP contribution in [0.4, 0.5) is 5.69 Å². The third-order valence-electron chi connectivity index (χ3n) is 3.99. The lowest BCUT2D eigenvalue weighted by Crippen LogP contribution is -2.24. The van der Waals surface area contributed by atoms with E-state index in [1.54, 1.807) is 0 Å². The zero-order chi connectivity index (χ0) is 15.0. The molecule has 1 heterocycles. The molecular formula is C14H14N2O5. The van der Waals surface area contributed by atoms with Gasteiger partial charge in [0.2, 0.25) is 0 Å².